The molecule has 0 aromatic rings. The lowest BCUT2D eigenvalue weighted by Crippen LogP contribution is -2.29. The molecular formula is C8H17NO2. The molecular weight excluding hydrogens is 142 g/mol. The van der Waals surface area contributed by atoms with Gasteiger partial charge in [0.25, 0.3) is 0 Å². The van der Waals surface area contributed by atoms with Crippen molar-refractivity contribution >= 4 is 0 Å². The summed E-state index contributed by atoms with van der Waals surface area (Å²) >= 11 is 0. The molecule has 1 heterocycles. The highest BCUT2D eigenvalue weighted by Crippen LogP contribution is 2.11. The van der Waals surface area contributed by atoms with Gasteiger partial charge in [0, 0.05) is 0 Å². The van der Waals surface area contributed by atoms with E-state index < -0.39 is 0 Å². The molecule has 1 aliphatic heterocycles. The van der Waals surface area contributed by atoms with Crippen LogP contribution in [-0.2, 0) is 9.78 Å². The van der Waals surface area contributed by atoms with E-state index in [2.05, 4.69) is 5.32 Å². The molecule has 0 unspecified atom stereocenters. The second kappa shape index (κ2) is 5.52. The van der Waals surface area contributed by atoms with E-state index in [0.717, 1.165) is 19.7 Å². The molecule has 0 radical (unpaired) electrons. The highest BCUT2D eigenvalue weighted by atomic mass is 17.2. The van der Waals surface area contributed by atoms with Crippen molar-refractivity contribution in [2.45, 2.75) is 19.8 Å². The third-order valence-electron chi connectivity index (χ3n) is 1.96. The van der Waals surface area contributed by atoms with Crippen molar-refractivity contribution in [3.63, 3.8) is 0 Å². The van der Waals surface area contributed by atoms with Gasteiger partial charge in [-0.15, -0.1) is 0 Å². The number of piperidine rings is 1. The highest BCUT2D eigenvalue weighted by molar-refractivity contribution is 4.66. The third kappa shape index (κ3) is 3.70. The van der Waals surface area contributed by atoms with Crippen LogP contribution in [0.5, 0.6) is 0 Å². The van der Waals surface area contributed by atoms with Crippen LogP contribution in [0.15, 0.2) is 0 Å². The predicted octanol–water partition coefficient (Wildman–Crippen LogP) is 0.954. The van der Waals surface area contributed by atoms with Crippen LogP contribution in [0.2, 0.25) is 0 Å². The van der Waals surface area contributed by atoms with E-state index in [1.807, 2.05) is 6.92 Å². The Kier molecular flexibility index (Phi) is 4.50. The van der Waals surface area contributed by atoms with Crippen molar-refractivity contribution in [1.29, 1.82) is 0 Å². The van der Waals surface area contributed by atoms with E-state index in [4.69, 9.17) is 9.78 Å². The molecule has 0 amide bonds. The summed E-state index contributed by atoms with van der Waals surface area (Å²) < 4.78 is 0. The van der Waals surface area contributed by atoms with Gasteiger partial charge in [-0.2, -0.15) is 0 Å². The summed E-state index contributed by atoms with van der Waals surface area (Å²) in [5.74, 6) is 0.697. The molecule has 1 saturated heterocycles. The molecule has 1 aliphatic rings. The summed E-state index contributed by atoms with van der Waals surface area (Å²) in [5.41, 5.74) is 0. The Labute approximate surface area is 68.0 Å². The Morgan fingerprint density at radius 2 is 2.00 bits per heavy atom. The Bertz CT molecular complexity index is 92.1. The molecule has 0 saturated carbocycles. The van der Waals surface area contributed by atoms with Crippen molar-refractivity contribution in [2.24, 2.45) is 5.92 Å². The van der Waals surface area contributed by atoms with Gasteiger partial charge in [0.05, 0.1) is 13.2 Å². The molecule has 0 spiro atoms. The molecule has 3 heteroatoms. The second-order valence-electron chi connectivity index (χ2n) is 2.88. The Balaban J connectivity index is 1.96. The van der Waals surface area contributed by atoms with E-state index in [0.29, 0.717) is 12.5 Å². The average Bonchev–Trinajstić information content (AvgIpc) is 2.07. The molecule has 1 rings (SSSR count). The first kappa shape index (κ1) is 8.97. The largest absolute Gasteiger partial charge is 0.317 e. The van der Waals surface area contributed by atoms with E-state index in [1.165, 1.54) is 12.8 Å². The number of hydrogen-bond donors (Lipinski definition) is 1. The summed E-state index contributed by atoms with van der Waals surface area (Å²) in [7, 11) is 0. The summed E-state index contributed by atoms with van der Waals surface area (Å²) in [5, 5.41) is 3.31. The third-order valence-corrected chi connectivity index (χ3v) is 1.96. The standard InChI is InChI=1S/C8H17NO2/c1-2-10-11-7-8-3-5-9-6-4-8/h8-9H,2-7H2,1H3. The lowest BCUT2D eigenvalue weighted by atomic mass is 10.00. The van der Waals surface area contributed by atoms with Crippen molar-refractivity contribution in [3.8, 4) is 0 Å². The summed E-state index contributed by atoms with van der Waals surface area (Å²) in [4.78, 5) is 9.81. The van der Waals surface area contributed by atoms with Gasteiger partial charge in [-0.25, -0.2) is 9.78 Å². The maximum Gasteiger partial charge on any atom is 0.0851 e. The zero-order valence-corrected chi connectivity index (χ0v) is 7.14. The molecule has 0 atom stereocenters. The minimum atomic E-state index is 0.644. The van der Waals surface area contributed by atoms with Crippen LogP contribution in [-0.4, -0.2) is 26.3 Å². The van der Waals surface area contributed by atoms with Crippen molar-refractivity contribution in [1.82, 2.24) is 5.32 Å². The summed E-state index contributed by atoms with van der Waals surface area (Å²) in [6.45, 7) is 5.59. The molecule has 0 bridgehead atoms. The van der Waals surface area contributed by atoms with Crippen LogP contribution in [0.3, 0.4) is 0 Å². The van der Waals surface area contributed by atoms with Gasteiger partial charge in [-0.3, -0.25) is 0 Å². The normalized spacial score (nSPS) is 20.5. The monoisotopic (exact) mass is 159 g/mol. The van der Waals surface area contributed by atoms with E-state index in [-0.39, 0.29) is 0 Å². The van der Waals surface area contributed by atoms with Crippen LogP contribution < -0.4 is 5.32 Å². The SMILES string of the molecule is CCOOCC1CCNCC1. The first-order chi connectivity index (χ1) is 5.43. The Morgan fingerprint density at radius 3 is 2.64 bits per heavy atom. The molecule has 0 aromatic heterocycles. The minimum Gasteiger partial charge on any atom is -0.317 e. The molecule has 11 heavy (non-hydrogen) atoms. The number of nitrogens with one attached hydrogen (secondary N) is 1. The smallest absolute Gasteiger partial charge is 0.0851 e. The van der Waals surface area contributed by atoms with Crippen LogP contribution in [0, 0.1) is 5.92 Å². The quantitative estimate of drug-likeness (QED) is 0.376. The molecule has 0 aromatic carbocycles. The highest BCUT2D eigenvalue weighted by Gasteiger charge is 2.12. The van der Waals surface area contributed by atoms with Crippen LogP contribution in [0.4, 0.5) is 0 Å². The lowest BCUT2D eigenvalue weighted by molar-refractivity contribution is -0.298. The minimum absolute atomic E-state index is 0.644. The fraction of sp³-hybridized carbons (Fsp3) is 1.00. The van der Waals surface area contributed by atoms with Gasteiger partial charge >= 0.3 is 0 Å². The molecule has 1 fully saturated rings. The predicted molar refractivity (Wildman–Crippen MR) is 43.2 cm³/mol. The number of rotatable bonds is 4. The van der Waals surface area contributed by atoms with Crippen molar-refractivity contribution < 1.29 is 9.78 Å². The molecule has 1 N–H and O–H groups in total. The van der Waals surface area contributed by atoms with Gasteiger partial charge in [0.15, 0.2) is 0 Å². The first-order valence-corrected chi connectivity index (χ1v) is 4.38. The zero-order chi connectivity index (χ0) is 7.94. The van der Waals surface area contributed by atoms with E-state index >= 15 is 0 Å². The van der Waals surface area contributed by atoms with Gasteiger partial charge < -0.3 is 5.32 Å². The maximum absolute atomic E-state index is 4.99. The van der Waals surface area contributed by atoms with Crippen LogP contribution in [0.25, 0.3) is 0 Å². The second-order valence-corrected chi connectivity index (χ2v) is 2.88. The maximum atomic E-state index is 4.99. The molecule has 3 nitrogen and oxygen atoms in total. The molecule has 0 aliphatic carbocycles. The zero-order valence-electron chi connectivity index (χ0n) is 7.14. The van der Waals surface area contributed by atoms with Gasteiger partial charge in [0.2, 0.25) is 0 Å². The molecule has 66 valence electrons. The fourth-order valence-corrected chi connectivity index (χ4v) is 1.28. The summed E-state index contributed by atoms with van der Waals surface area (Å²) in [6.07, 6.45) is 2.43. The van der Waals surface area contributed by atoms with Gasteiger partial charge in [-0.05, 0) is 38.8 Å². The number of hydrogen-bond acceptors (Lipinski definition) is 3. The van der Waals surface area contributed by atoms with E-state index in [9.17, 15) is 0 Å². The Morgan fingerprint density at radius 1 is 1.27 bits per heavy atom. The topological polar surface area (TPSA) is 30.5 Å². The van der Waals surface area contributed by atoms with Crippen molar-refractivity contribution in [2.75, 3.05) is 26.3 Å². The first-order valence-electron chi connectivity index (χ1n) is 4.38. The summed E-state index contributed by atoms with van der Waals surface area (Å²) in [6, 6.07) is 0. The van der Waals surface area contributed by atoms with Crippen LogP contribution >= 0.6 is 0 Å². The average molecular weight is 159 g/mol. The van der Waals surface area contributed by atoms with Crippen LogP contribution in [0.1, 0.15) is 19.8 Å². The Hall–Kier alpha value is -0.120. The van der Waals surface area contributed by atoms with Crippen molar-refractivity contribution in [3.05, 3.63) is 0 Å². The fourth-order valence-electron chi connectivity index (χ4n) is 1.28. The van der Waals surface area contributed by atoms with E-state index in [1.54, 1.807) is 0 Å². The van der Waals surface area contributed by atoms with Gasteiger partial charge in [-0.1, -0.05) is 0 Å². The lowest BCUT2D eigenvalue weighted by Gasteiger charge is -2.21. The van der Waals surface area contributed by atoms with Gasteiger partial charge in [0.1, 0.15) is 0 Å².